The summed E-state index contributed by atoms with van der Waals surface area (Å²) in [5, 5.41) is 9.19. The van der Waals surface area contributed by atoms with E-state index in [0.29, 0.717) is 5.92 Å². The van der Waals surface area contributed by atoms with E-state index in [-0.39, 0.29) is 23.4 Å². The van der Waals surface area contributed by atoms with E-state index in [1.54, 1.807) is 4.90 Å². The smallest absolute Gasteiger partial charge is 0.241 e. The summed E-state index contributed by atoms with van der Waals surface area (Å²) in [5.41, 5.74) is 6.03. The molecule has 2 N–H and O–H groups in total. The van der Waals surface area contributed by atoms with Crippen molar-refractivity contribution >= 4 is 5.91 Å². The average Bonchev–Trinajstić information content (AvgIpc) is 2.91. The second-order valence-electron chi connectivity index (χ2n) is 6.31. The first-order valence-electron chi connectivity index (χ1n) is 7.24. The lowest BCUT2D eigenvalue weighted by atomic mass is 9.78. The largest absolute Gasteiger partial charge is 0.322 e. The van der Waals surface area contributed by atoms with Crippen LogP contribution in [0.3, 0.4) is 0 Å². The van der Waals surface area contributed by atoms with Crippen LogP contribution in [0.2, 0.25) is 0 Å². The summed E-state index contributed by atoms with van der Waals surface area (Å²) < 4.78 is 0. The van der Waals surface area contributed by atoms with Gasteiger partial charge in [0.25, 0.3) is 0 Å². The standard InChI is InChI=1S/C15H21N3O/c1-2-15(5-3-4-6-15)13(17)14(19)18-11(9-16)7-10-8-12(10)18/h2,10-13H,1,3-8,17H2/t10-,11+,12+,13-/m1/s1. The highest BCUT2D eigenvalue weighted by molar-refractivity contribution is 5.84. The van der Waals surface area contributed by atoms with Gasteiger partial charge < -0.3 is 10.6 Å². The molecule has 2 aliphatic carbocycles. The molecule has 0 spiro atoms. The second kappa shape index (κ2) is 4.35. The minimum absolute atomic E-state index is 0.0293. The van der Waals surface area contributed by atoms with Crippen molar-refractivity contribution in [2.75, 3.05) is 0 Å². The van der Waals surface area contributed by atoms with Crippen molar-refractivity contribution in [2.24, 2.45) is 17.1 Å². The van der Waals surface area contributed by atoms with Crippen LogP contribution in [0.25, 0.3) is 0 Å². The normalized spacial score (nSPS) is 36.4. The van der Waals surface area contributed by atoms with Gasteiger partial charge in [0, 0.05) is 11.5 Å². The fourth-order valence-electron chi connectivity index (χ4n) is 3.97. The SMILES string of the molecule is C=CC1([C@H](N)C(=O)N2[C@H](C#N)C[C@@H]3C[C@@H]32)CCCC1. The molecule has 19 heavy (non-hydrogen) atoms. The number of rotatable bonds is 3. The molecule has 4 nitrogen and oxygen atoms in total. The van der Waals surface area contributed by atoms with Gasteiger partial charge in [-0.15, -0.1) is 6.58 Å². The van der Waals surface area contributed by atoms with Gasteiger partial charge in [-0.25, -0.2) is 0 Å². The molecule has 0 unspecified atom stereocenters. The number of nitrogens with zero attached hydrogens (tertiary/aromatic N) is 2. The monoisotopic (exact) mass is 259 g/mol. The zero-order valence-electron chi connectivity index (χ0n) is 11.2. The molecule has 0 aromatic carbocycles. The van der Waals surface area contributed by atoms with Crippen LogP contribution in [0.5, 0.6) is 0 Å². The average molecular weight is 259 g/mol. The molecule has 0 aromatic heterocycles. The Morgan fingerprint density at radius 2 is 2.16 bits per heavy atom. The Morgan fingerprint density at radius 1 is 1.47 bits per heavy atom. The van der Waals surface area contributed by atoms with Crippen LogP contribution >= 0.6 is 0 Å². The van der Waals surface area contributed by atoms with E-state index in [1.165, 1.54) is 0 Å². The minimum atomic E-state index is -0.525. The maximum absolute atomic E-state index is 12.7. The molecule has 1 heterocycles. The highest BCUT2D eigenvalue weighted by atomic mass is 16.2. The Labute approximate surface area is 114 Å². The van der Waals surface area contributed by atoms with Crippen LogP contribution in [0.15, 0.2) is 12.7 Å². The Bertz CT molecular complexity index is 447. The van der Waals surface area contributed by atoms with Gasteiger partial charge in [-0.3, -0.25) is 4.79 Å². The number of fused-ring (bicyclic) bond motifs is 1. The van der Waals surface area contributed by atoms with E-state index in [1.807, 2.05) is 6.08 Å². The van der Waals surface area contributed by atoms with Crippen molar-refractivity contribution < 1.29 is 4.79 Å². The third-order valence-electron chi connectivity index (χ3n) is 5.33. The minimum Gasteiger partial charge on any atom is -0.322 e. The van der Waals surface area contributed by atoms with Crippen molar-refractivity contribution in [1.82, 2.24) is 4.90 Å². The molecule has 1 aliphatic heterocycles. The Balaban J connectivity index is 1.80. The van der Waals surface area contributed by atoms with Gasteiger partial charge in [0.05, 0.1) is 12.1 Å². The summed E-state index contributed by atoms with van der Waals surface area (Å²) in [7, 11) is 0. The van der Waals surface area contributed by atoms with E-state index in [2.05, 4.69) is 12.6 Å². The molecule has 1 saturated heterocycles. The topological polar surface area (TPSA) is 70.1 Å². The van der Waals surface area contributed by atoms with Crippen LogP contribution in [0.4, 0.5) is 0 Å². The summed E-state index contributed by atoms with van der Waals surface area (Å²) in [4.78, 5) is 14.5. The van der Waals surface area contributed by atoms with Gasteiger partial charge >= 0.3 is 0 Å². The molecule has 4 heteroatoms. The summed E-state index contributed by atoms with van der Waals surface area (Å²) in [6.07, 6.45) is 7.88. The van der Waals surface area contributed by atoms with Crippen molar-refractivity contribution in [1.29, 1.82) is 5.26 Å². The molecule has 3 fully saturated rings. The van der Waals surface area contributed by atoms with E-state index >= 15 is 0 Å². The molecule has 0 aromatic rings. The summed E-state index contributed by atoms with van der Waals surface area (Å²) in [6, 6.07) is 1.76. The highest BCUT2D eigenvalue weighted by Gasteiger charge is 2.56. The number of piperidine rings is 1. The van der Waals surface area contributed by atoms with Crippen LogP contribution < -0.4 is 5.73 Å². The van der Waals surface area contributed by atoms with Gasteiger partial charge in [-0.05, 0) is 31.6 Å². The maximum atomic E-state index is 12.7. The summed E-state index contributed by atoms with van der Waals surface area (Å²) in [6.45, 7) is 3.90. The highest BCUT2D eigenvalue weighted by Crippen LogP contribution is 2.49. The van der Waals surface area contributed by atoms with Crippen LogP contribution in [0, 0.1) is 22.7 Å². The predicted octanol–water partition coefficient (Wildman–Crippen LogP) is 1.57. The lowest BCUT2D eigenvalue weighted by Crippen LogP contribution is -2.54. The number of carbonyl (C=O) groups excluding carboxylic acids is 1. The first-order chi connectivity index (χ1) is 9.13. The fourth-order valence-corrected chi connectivity index (χ4v) is 3.97. The van der Waals surface area contributed by atoms with Gasteiger partial charge in [-0.1, -0.05) is 18.9 Å². The maximum Gasteiger partial charge on any atom is 0.241 e. The molecule has 4 atom stereocenters. The number of nitriles is 1. The van der Waals surface area contributed by atoms with Crippen molar-refractivity contribution in [2.45, 2.75) is 56.7 Å². The molecule has 0 bridgehead atoms. The van der Waals surface area contributed by atoms with Crippen LogP contribution in [-0.4, -0.2) is 28.9 Å². The van der Waals surface area contributed by atoms with Gasteiger partial charge in [0.1, 0.15) is 6.04 Å². The predicted molar refractivity (Wildman–Crippen MR) is 71.8 cm³/mol. The molecular formula is C15H21N3O. The van der Waals surface area contributed by atoms with Gasteiger partial charge in [0.15, 0.2) is 0 Å². The summed E-state index contributed by atoms with van der Waals surface area (Å²) in [5.74, 6) is 0.516. The van der Waals surface area contributed by atoms with E-state index in [4.69, 9.17) is 5.73 Å². The Morgan fingerprint density at radius 3 is 2.74 bits per heavy atom. The lowest BCUT2D eigenvalue weighted by molar-refractivity contribution is -0.136. The third kappa shape index (κ3) is 1.80. The Hall–Kier alpha value is -1.34. The first kappa shape index (κ1) is 12.7. The first-order valence-corrected chi connectivity index (χ1v) is 7.24. The quantitative estimate of drug-likeness (QED) is 0.782. The number of likely N-dealkylation sites (tertiary alicyclic amines) is 1. The Kier molecular flexibility index (Phi) is 2.90. The zero-order valence-corrected chi connectivity index (χ0v) is 11.2. The summed E-state index contributed by atoms with van der Waals surface area (Å²) >= 11 is 0. The number of hydrogen-bond donors (Lipinski definition) is 1. The van der Waals surface area contributed by atoms with Crippen molar-refractivity contribution in [3.05, 3.63) is 12.7 Å². The molecular weight excluding hydrogens is 238 g/mol. The fraction of sp³-hybridized carbons (Fsp3) is 0.733. The van der Waals surface area contributed by atoms with E-state index < -0.39 is 6.04 Å². The second-order valence-corrected chi connectivity index (χ2v) is 6.31. The lowest BCUT2D eigenvalue weighted by Gasteiger charge is -2.35. The molecule has 3 rings (SSSR count). The molecule has 1 amide bonds. The van der Waals surface area contributed by atoms with Gasteiger partial charge in [0.2, 0.25) is 5.91 Å². The van der Waals surface area contributed by atoms with Crippen LogP contribution in [0.1, 0.15) is 38.5 Å². The zero-order chi connectivity index (χ0) is 13.6. The van der Waals surface area contributed by atoms with E-state index in [9.17, 15) is 10.1 Å². The van der Waals surface area contributed by atoms with Gasteiger partial charge in [-0.2, -0.15) is 5.26 Å². The number of amides is 1. The molecule has 102 valence electrons. The molecule has 0 radical (unpaired) electrons. The van der Waals surface area contributed by atoms with Crippen LogP contribution in [-0.2, 0) is 4.79 Å². The molecule has 3 aliphatic rings. The number of nitrogens with two attached hydrogens (primary N) is 1. The van der Waals surface area contributed by atoms with E-state index in [0.717, 1.165) is 38.5 Å². The number of carbonyl (C=O) groups is 1. The van der Waals surface area contributed by atoms with Crippen molar-refractivity contribution in [3.63, 3.8) is 0 Å². The van der Waals surface area contributed by atoms with Crippen molar-refractivity contribution in [3.8, 4) is 6.07 Å². The molecule has 2 saturated carbocycles. The number of hydrogen-bond acceptors (Lipinski definition) is 3. The third-order valence-corrected chi connectivity index (χ3v) is 5.33.